The first-order valence-electron chi connectivity index (χ1n) is 7.68. The Morgan fingerprint density at radius 2 is 2.05 bits per heavy atom. The van der Waals surface area contributed by atoms with Crippen molar-refractivity contribution in [3.05, 3.63) is 47.8 Å². The second kappa shape index (κ2) is 8.21. The number of hydrogen-bond acceptors (Lipinski definition) is 1. The lowest BCUT2D eigenvalue weighted by Crippen LogP contribution is -2.44. The third kappa shape index (κ3) is 4.75. The van der Waals surface area contributed by atoms with E-state index in [4.69, 9.17) is 0 Å². The molecule has 0 heterocycles. The van der Waals surface area contributed by atoms with Crippen LogP contribution in [0.1, 0.15) is 57.1 Å². The van der Waals surface area contributed by atoms with Gasteiger partial charge in [-0.05, 0) is 49.8 Å². The van der Waals surface area contributed by atoms with E-state index in [1.54, 1.807) is 13.0 Å². The first-order chi connectivity index (χ1) is 9.56. The molecular formula is C18H28FN. The molecule has 0 amide bonds. The Morgan fingerprint density at radius 1 is 1.30 bits per heavy atom. The molecule has 1 nitrogen and oxygen atoms in total. The van der Waals surface area contributed by atoms with Crippen molar-refractivity contribution in [3.63, 3.8) is 0 Å². The summed E-state index contributed by atoms with van der Waals surface area (Å²) in [5.74, 6) is -0.118. The first kappa shape index (κ1) is 16.9. The van der Waals surface area contributed by atoms with E-state index in [1.807, 2.05) is 18.2 Å². The van der Waals surface area contributed by atoms with Gasteiger partial charge in [-0.1, -0.05) is 38.5 Å². The van der Waals surface area contributed by atoms with Gasteiger partial charge in [0.2, 0.25) is 0 Å². The van der Waals surface area contributed by atoms with Crippen LogP contribution in [0.3, 0.4) is 0 Å². The zero-order valence-corrected chi connectivity index (χ0v) is 13.1. The number of benzene rings is 1. The van der Waals surface area contributed by atoms with Crippen LogP contribution in [0.2, 0.25) is 0 Å². The van der Waals surface area contributed by atoms with E-state index in [2.05, 4.69) is 25.7 Å². The topological polar surface area (TPSA) is 12.0 Å². The lowest BCUT2D eigenvalue weighted by Gasteiger charge is -2.34. The average Bonchev–Trinajstić information content (AvgIpc) is 2.46. The number of hydrogen-bond donors (Lipinski definition) is 1. The Hall–Kier alpha value is -1.15. The molecule has 20 heavy (non-hydrogen) atoms. The average molecular weight is 277 g/mol. The highest BCUT2D eigenvalue weighted by Gasteiger charge is 2.25. The van der Waals surface area contributed by atoms with E-state index in [0.29, 0.717) is 5.56 Å². The lowest BCUT2D eigenvalue weighted by molar-refractivity contribution is 0.266. The van der Waals surface area contributed by atoms with Gasteiger partial charge in [-0.3, -0.25) is 0 Å². The van der Waals surface area contributed by atoms with E-state index in [9.17, 15) is 4.39 Å². The van der Waals surface area contributed by atoms with Crippen molar-refractivity contribution in [2.75, 3.05) is 0 Å². The summed E-state index contributed by atoms with van der Waals surface area (Å²) in [6.07, 6.45) is 7.47. The van der Waals surface area contributed by atoms with E-state index in [0.717, 1.165) is 44.2 Å². The highest BCUT2D eigenvalue weighted by atomic mass is 19.1. The molecule has 1 rings (SSSR count). The van der Waals surface area contributed by atoms with Crippen LogP contribution in [-0.2, 0) is 6.54 Å². The quantitative estimate of drug-likeness (QED) is 0.616. The molecule has 0 saturated carbocycles. The van der Waals surface area contributed by atoms with Gasteiger partial charge in [-0.15, -0.1) is 6.58 Å². The Kier molecular flexibility index (Phi) is 6.94. The highest BCUT2D eigenvalue weighted by molar-refractivity contribution is 5.23. The van der Waals surface area contributed by atoms with Crippen LogP contribution in [-0.4, -0.2) is 5.54 Å². The summed E-state index contributed by atoms with van der Waals surface area (Å²) in [5.41, 5.74) is 1.86. The summed E-state index contributed by atoms with van der Waals surface area (Å²) in [6, 6.07) is 5.50. The zero-order chi connectivity index (χ0) is 15.0. The Bertz CT molecular complexity index is 427. The molecule has 0 aliphatic heterocycles. The minimum Gasteiger partial charge on any atom is -0.307 e. The van der Waals surface area contributed by atoms with Gasteiger partial charge < -0.3 is 5.32 Å². The molecule has 1 aromatic rings. The van der Waals surface area contributed by atoms with Crippen LogP contribution in [0.15, 0.2) is 30.9 Å². The SMILES string of the molecule is C=CCCC(CC)(CCC)NCc1ccc(C)c(F)c1. The van der Waals surface area contributed by atoms with Crippen molar-refractivity contribution >= 4 is 0 Å². The normalized spacial score (nSPS) is 14.0. The van der Waals surface area contributed by atoms with E-state index < -0.39 is 0 Å². The lowest BCUT2D eigenvalue weighted by atomic mass is 9.85. The van der Waals surface area contributed by atoms with Crippen molar-refractivity contribution in [1.82, 2.24) is 5.32 Å². The third-order valence-corrected chi connectivity index (χ3v) is 4.14. The van der Waals surface area contributed by atoms with Crippen molar-refractivity contribution < 1.29 is 4.39 Å². The van der Waals surface area contributed by atoms with Crippen molar-refractivity contribution in [2.24, 2.45) is 0 Å². The van der Waals surface area contributed by atoms with Crippen molar-refractivity contribution in [2.45, 2.75) is 65.0 Å². The molecule has 1 unspecified atom stereocenters. The fourth-order valence-electron chi connectivity index (χ4n) is 2.67. The van der Waals surface area contributed by atoms with Gasteiger partial charge in [-0.25, -0.2) is 4.39 Å². The van der Waals surface area contributed by atoms with Gasteiger partial charge in [0, 0.05) is 12.1 Å². The van der Waals surface area contributed by atoms with Crippen molar-refractivity contribution in [3.8, 4) is 0 Å². The molecule has 0 aromatic heterocycles. The van der Waals surface area contributed by atoms with Crippen LogP contribution >= 0.6 is 0 Å². The maximum absolute atomic E-state index is 13.6. The van der Waals surface area contributed by atoms with Crippen LogP contribution in [0.25, 0.3) is 0 Å². The fourth-order valence-corrected chi connectivity index (χ4v) is 2.67. The van der Waals surface area contributed by atoms with Gasteiger partial charge in [0.1, 0.15) is 5.82 Å². The maximum Gasteiger partial charge on any atom is 0.126 e. The summed E-state index contributed by atoms with van der Waals surface area (Å²) < 4.78 is 13.6. The number of halogens is 1. The predicted molar refractivity (Wildman–Crippen MR) is 85.3 cm³/mol. The van der Waals surface area contributed by atoms with Crippen LogP contribution < -0.4 is 5.32 Å². The molecule has 0 aliphatic carbocycles. The third-order valence-electron chi connectivity index (χ3n) is 4.14. The molecule has 0 fully saturated rings. The zero-order valence-electron chi connectivity index (χ0n) is 13.1. The molecule has 0 saturated heterocycles. The van der Waals surface area contributed by atoms with E-state index in [1.165, 1.54) is 0 Å². The summed E-state index contributed by atoms with van der Waals surface area (Å²) >= 11 is 0. The van der Waals surface area contributed by atoms with Crippen molar-refractivity contribution in [1.29, 1.82) is 0 Å². The first-order valence-corrected chi connectivity index (χ1v) is 7.68. The molecule has 1 N–H and O–H groups in total. The summed E-state index contributed by atoms with van der Waals surface area (Å²) in [4.78, 5) is 0. The predicted octanol–water partition coefficient (Wildman–Crippen LogP) is 5.14. The van der Waals surface area contributed by atoms with E-state index in [-0.39, 0.29) is 11.4 Å². The number of nitrogens with one attached hydrogen (secondary N) is 1. The number of allylic oxidation sites excluding steroid dienone is 1. The van der Waals surface area contributed by atoms with Gasteiger partial charge in [-0.2, -0.15) is 0 Å². The second-order valence-electron chi connectivity index (χ2n) is 5.65. The molecule has 112 valence electrons. The Balaban J connectivity index is 2.73. The Labute approximate surface area is 123 Å². The number of rotatable bonds is 9. The molecule has 2 heteroatoms. The fraction of sp³-hybridized carbons (Fsp3) is 0.556. The summed E-state index contributed by atoms with van der Waals surface area (Å²) in [6.45, 7) is 10.8. The largest absolute Gasteiger partial charge is 0.307 e. The summed E-state index contributed by atoms with van der Waals surface area (Å²) in [5, 5.41) is 3.67. The molecule has 1 atom stereocenters. The van der Waals surface area contributed by atoms with Crippen LogP contribution in [0.4, 0.5) is 4.39 Å². The monoisotopic (exact) mass is 277 g/mol. The smallest absolute Gasteiger partial charge is 0.126 e. The second-order valence-corrected chi connectivity index (χ2v) is 5.65. The molecule has 0 radical (unpaired) electrons. The maximum atomic E-state index is 13.6. The van der Waals surface area contributed by atoms with Gasteiger partial charge >= 0.3 is 0 Å². The minimum absolute atomic E-state index is 0.118. The molecule has 0 spiro atoms. The van der Waals surface area contributed by atoms with Crippen LogP contribution in [0.5, 0.6) is 0 Å². The van der Waals surface area contributed by atoms with Gasteiger partial charge in [0.25, 0.3) is 0 Å². The molecule has 1 aromatic carbocycles. The standard InChI is InChI=1S/C18H28FN/c1-5-8-12-18(7-3,11-6-2)20-14-16-10-9-15(4)17(19)13-16/h5,9-10,13,20H,1,6-8,11-12,14H2,2-4H3. The summed E-state index contributed by atoms with van der Waals surface area (Å²) in [7, 11) is 0. The molecular weight excluding hydrogens is 249 g/mol. The van der Waals surface area contributed by atoms with Gasteiger partial charge in [0.05, 0.1) is 0 Å². The van der Waals surface area contributed by atoms with E-state index >= 15 is 0 Å². The minimum atomic E-state index is -0.118. The van der Waals surface area contributed by atoms with Crippen LogP contribution in [0, 0.1) is 12.7 Å². The number of aryl methyl sites for hydroxylation is 1. The molecule has 0 aliphatic rings. The van der Waals surface area contributed by atoms with Gasteiger partial charge in [0.15, 0.2) is 0 Å². The molecule has 0 bridgehead atoms. The Morgan fingerprint density at radius 3 is 2.60 bits per heavy atom. The highest BCUT2D eigenvalue weighted by Crippen LogP contribution is 2.24.